The largest absolute Gasteiger partial charge is 0.468 e. The number of carbonyl (C=O) groups is 1. The quantitative estimate of drug-likeness (QED) is 0.669. The molecule has 1 aliphatic heterocycles. The summed E-state index contributed by atoms with van der Waals surface area (Å²) in [5.74, 6) is 0.251. The minimum Gasteiger partial charge on any atom is -0.468 e. The molecule has 2 heterocycles. The number of rotatable bonds is 7. The molecule has 0 saturated carbocycles. The van der Waals surface area contributed by atoms with E-state index in [0.29, 0.717) is 25.9 Å². The lowest BCUT2D eigenvalue weighted by Gasteiger charge is -2.32. The van der Waals surface area contributed by atoms with Crippen molar-refractivity contribution in [1.82, 2.24) is 19.0 Å². The number of hydrogen-bond donors (Lipinski definition) is 2. The highest BCUT2D eigenvalue weighted by Crippen LogP contribution is 2.29. The third-order valence-electron chi connectivity index (χ3n) is 5.25. The van der Waals surface area contributed by atoms with Gasteiger partial charge in [-0.15, -0.1) is 0 Å². The lowest BCUT2D eigenvalue weighted by atomic mass is 9.97. The van der Waals surface area contributed by atoms with Gasteiger partial charge >= 0.3 is 5.97 Å². The molecule has 158 valence electrons. The Bertz CT molecular complexity index is 919. The lowest BCUT2D eigenvalue weighted by molar-refractivity contribution is -0.143. The van der Waals surface area contributed by atoms with Gasteiger partial charge < -0.3 is 9.72 Å². The molecule has 1 aliphatic rings. The molecule has 9 heteroatoms. The first-order chi connectivity index (χ1) is 13.8. The molecule has 1 fully saturated rings. The SMILES string of the molecule is COC(=O)C(NS(=O)(=O)N1CCC(c2nc(-c3ccccc3)c[nH]2)CC1)C(C)C. The highest BCUT2D eigenvalue weighted by atomic mass is 32.2. The minimum atomic E-state index is -3.77. The van der Waals surface area contributed by atoms with Crippen LogP contribution in [0, 0.1) is 5.92 Å². The fourth-order valence-electron chi connectivity index (χ4n) is 3.49. The second-order valence-corrected chi connectivity index (χ2v) is 9.28. The van der Waals surface area contributed by atoms with E-state index in [9.17, 15) is 13.2 Å². The van der Waals surface area contributed by atoms with Gasteiger partial charge in [0.2, 0.25) is 0 Å². The molecule has 1 atom stereocenters. The van der Waals surface area contributed by atoms with Gasteiger partial charge in [0.1, 0.15) is 11.9 Å². The molecule has 0 radical (unpaired) electrons. The molecule has 2 N–H and O–H groups in total. The number of nitrogens with zero attached hydrogens (tertiary/aromatic N) is 2. The Morgan fingerprint density at radius 1 is 1.24 bits per heavy atom. The maximum Gasteiger partial charge on any atom is 0.324 e. The van der Waals surface area contributed by atoms with Crippen LogP contribution in [0.2, 0.25) is 0 Å². The van der Waals surface area contributed by atoms with Gasteiger partial charge in [0.25, 0.3) is 10.2 Å². The van der Waals surface area contributed by atoms with Gasteiger partial charge in [-0.2, -0.15) is 17.4 Å². The lowest BCUT2D eigenvalue weighted by Crippen LogP contribution is -2.52. The Hall–Kier alpha value is -2.23. The first-order valence-electron chi connectivity index (χ1n) is 9.77. The zero-order chi connectivity index (χ0) is 21.0. The molecule has 8 nitrogen and oxygen atoms in total. The van der Waals surface area contributed by atoms with Crippen molar-refractivity contribution in [2.75, 3.05) is 20.2 Å². The Kier molecular flexibility index (Phi) is 6.71. The van der Waals surface area contributed by atoms with Crippen molar-refractivity contribution >= 4 is 16.2 Å². The van der Waals surface area contributed by atoms with E-state index < -0.39 is 22.2 Å². The van der Waals surface area contributed by atoms with Gasteiger partial charge in [-0.25, -0.2) is 4.98 Å². The Labute approximate surface area is 171 Å². The van der Waals surface area contributed by atoms with Crippen molar-refractivity contribution in [3.05, 3.63) is 42.4 Å². The van der Waals surface area contributed by atoms with Crippen LogP contribution in [0.25, 0.3) is 11.3 Å². The first kappa shape index (κ1) is 21.5. The van der Waals surface area contributed by atoms with Crippen molar-refractivity contribution in [2.24, 2.45) is 5.92 Å². The third kappa shape index (κ3) is 5.04. The fraction of sp³-hybridized carbons (Fsp3) is 0.500. The van der Waals surface area contributed by atoms with Crippen LogP contribution in [-0.2, 0) is 19.7 Å². The maximum absolute atomic E-state index is 12.7. The normalized spacial score (nSPS) is 17.4. The molecular formula is C20H28N4O4S. The van der Waals surface area contributed by atoms with Gasteiger partial charge in [0.05, 0.1) is 12.8 Å². The van der Waals surface area contributed by atoms with Crippen LogP contribution in [0.1, 0.15) is 38.4 Å². The molecule has 0 spiro atoms. The third-order valence-corrected chi connectivity index (χ3v) is 6.84. The molecule has 2 aromatic rings. The summed E-state index contributed by atoms with van der Waals surface area (Å²) in [5.41, 5.74) is 1.93. The molecule has 0 bridgehead atoms. The molecule has 1 unspecified atom stereocenters. The van der Waals surface area contributed by atoms with Crippen molar-refractivity contribution in [1.29, 1.82) is 0 Å². The number of aromatic amines is 1. The minimum absolute atomic E-state index is 0.167. The second kappa shape index (κ2) is 9.06. The predicted molar refractivity (Wildman–Crippen MR) is 110 cm³/mol. The fourth-order valence-corrected chi connectivity index (χ4v) is 5.02. The number of piperidine rings is 1. The van der Waals surface area contributed by atoms with Gasteiger partial charge in [0, 0.05) is 30.8 Å². The van der Waals surface area contributed by atoms with E-state index >= 15 is 0 Å². The van der Waals surface area contributed by atoms with Gasteiger partial charge in [-0.05, 0) is 18.8 Å². The average Bonchev–Trinajstić information content (AvgIpc) is 3.22. The second-order valence-electron chi connectivity index (χ2n) is 7.58. The van der Waals surface area contributed by atoms with Gasteiger partial charge in [-0.3, -0.25) is 4.79 Å². The summed E-state index contributed by atoms with van der Waals surface area (Å²) in [7, 11) is -2.52. The van der Waals surface area contributed by atoms with E-state index in [4.69, 9.17) is 9.72 Å². The van der Waals surface area contributed by atoms with Crippen LogP contribution in [0.5, 0.6) is 0 Å². The van der Waals surface area contributed by atoms with Crippen molar-refractivity contribution in [3.8, 4) is 11.3 Å². The number of hydrogen-bond acceptors (Lipinski definition) is 5. The van der Waals surface area contributed by atoms with Crippen molar-refractivity contribution in [3.63, 3.8) is 0 Å². The molecule has 0 amide bonds. The molecule has 1 aromatic carbocycles. The number of carbonyl (C=O) groups excluding carboxylic acids is 1. The van der Waals surface area contributed by atoms with Crippen LogP contribution in [-0.4, -0.2) is 54.9 Å². The van der Waals surface area contributed by atoms with Crippen LogP contribution < -0.4 is 4.72 Å². The summed E-state index contributed by atoms with van der Waals surface area (Å²) in [6.07, 6.45) is 3.21. The van der Waals surface area contributed by atoms with Crippen molar-refractivity contribution < 1.29 is 17.9 Å². The number of benzene rings is 1. The average molecular weight is 421 g/mol. The first-order valence-corrected chi connectivity index (χ1v) is 11.2. The van der Waals surface area contributed by atoms with Crippen LogP contribution >= 0.6 is 0 Å². The molecule has 3 rings (SSSR count). The van der Waals surface area contributed by atoms with Gasteiger partial charge in [-0.1, -0.05) is 44.2 Å². The number of methoxy groups -OCH3 is 1. The summed E-state index contributed by atoms with van der Waals surface area (Å²) in [5, 5.41) is 0. The van der Waals surface area contributed by atoms with E-state index in [-0.39, 0.29) is 11.8 Å². The number of ether oxygens (including phenoxy) is 1. The highest BCUT2D eigenvalue weighted by molar-refractivity contribution is 7.87. The topological polar surface area (TPSA) is 104 Å². The Morgan fingerprint density at radius 2 is 1.90 bits per heavy atom. The molecule has 1 saturated heterocycles. The summed E-state index contributed by atoms with van der Waals surface area (Å²) in [6.45, 7) is 4.29. The van der Waals surface area contributed by atoms with E-state index in [1.54, 1.807) is 13.8 Å². The van der Waals surface area contributed by atoms with Crippen LogP contribution in [0.15, 0.2) is 36.5 Å². The highest BCUT2D eigenvalue weighted by Gasteiger charge is 2.34. The Morgan fingerprint density at radius 3 is 2.48 bits per heavy atom. The maximum atomic E-state index is 12.7. The van der Waals surface area contributed by atoms with Crippen LogP contribution in [0.4, 0.5) is 0 Å². The molecule has 1 aromatic heterocycles. The summed E-state index contributed by atoms with van der Waals surface area (Å²) in [4.78, 5) is 19.8. The molecule has 29 heavy (non-hydrogen) atoms. The van der Waals surface area contributed by atoms with Gasteiger partial charge in [0.15, 0.2) is 0 Å². The summed E-state index contributed by atoms with van der Waals surface area (Å²) >= 11 is 0. The summed E-state index contributed by atoms with van der Waals surface area (Å²) < 4.78 is 34.1. The van der Waals surface area contributed by atoms with Crippen LogP contribution in [0.3, 0.4) is 0 Å². The predicted octanol–water partition coefficient (Wildman–Crippen LogP) is 2.29. The van der Waals surface area contributed by atoms with Crippen molar-refractivity contribution in [2.45, 2.75) is 38.6 Å². The Balaban J connectivity index is 1.63. The number of nitrogens with one attached hydrogen (secondary N) is 2. The molecular weight excluding hydrogens is 392 g/mol. The number of H-pyrrole nitrogens is 1. The number of esters is 1. The smallest absolute Gasteiger partial charge is 0.324 e. The van der Waals surface area contributed by atoms with E-state index in [2.05, 4.69) is 9.71 Å². The van der Waals surface area contributed by atoms with E-state index in [1.807, 2.05) is 36.5 Å². The number of aromatic nitrogens is 2. The zero-order valence-electron chi connectivity index (χ0n) is 17.0. The standard InChI is InChI=1S/C20H28N4O4S/c1-14(2)18(20(25)28-3)23-29(26,27)24-11-9-16(10-12-24)19-21-13-17(22-19)15-7-5-4-6-8-15/h4-8,13-14,16,18,23H,9-12H2,1-3H3,(H,21,22). The monoisotopic (exact) mass is 420 g/mol. The zero-order valence-corrected chi connectivity index (χ0v) is 17.8. The molecule has 0 aliphatic carbocycles. The number of imidazole rings is 1. The summed E-state index contributed by atoms with van der Waals surface area (Å²) in [6, 6.07) is 9.02. The van der Waals surface area contributed by atoms with E-state index in [0.717, 1.165) is 17.1 Å². The van der Waals surface area contributed by atoms with E-state index in [1.165, 1.54) is 11.4 Å².